The van der Waals surface area contributed by atoms with Crippen LogP contribution >= 0.6 is 15.9 Å². The van der Waals surface area contributed by atoms with E-state index in [-0.39, 0.29) is 6.04 Å². The molecule has 0 amide bonds. The van der Waals surface area contributed by atoms with Crippen LogP contribution in [0.15, 0.2) is 22.8 Å². The number of rotatable bonds is 2. The molecule has 0 saturated heterocycles. The summed E-state index contributed by atoms with van der Waals surface area (Å²) in [4.78, 5) is 3.55. The standard InChI is InChI=1S/C9H10BrFN2/c1-6(12)2-3-7-4-8(10)5-13-9(7)11/h2-6H,12H2,1H3/b3-2+. The first-order valence-electron chi connectivity index (χ1n) is 3.84. The van der Waals surface area contributed by atoms with Gasteiger partial charge in [-0.25, -0.2) is 4.98 Å². The highest BCUT2D eigenvalue weighted by molar-refractivity contribution is 9.10. The van der Waals surface area contributed by atoms with Crippen molar-refractivity contribution in [1.82, 2.24) is 4.98 Å². The molecule has 0 aliphatic heterocycles. The molecule has 0 radical (unpaired) electrons. The lowest BCUT2D eigenvalue weighted by Crippen LogP contribution is -2.10. The third-order valence-corrected chi connectivity index (χ3v) is 1.85. The maximum atomic E-state index is 13.0. The van der Waals surface area contributed by atoms with Gasteiger partial charge in [-0.05, 0) is 28.9 Å². The van der Waals surface area contributed by atoms with Crippen LogP contribution in [0.5, 0.6) is 0 Å². The molecule has 2 nitrogen and oxygen atoms in total. The molecule has 0 aliphatic carbocycles. The van der Waals surface area contributed by atoms with E-state index in [1.54, 1.807) is 18.2 Å². The maximum Gasteiger partial charge on any atom is 0.220 e. The third kappa shape index (κ3) is 3.24. The highest BCUT2D eigenvalue weighted by atomic mass is 79.9. The molecule has 70 valence electrons. The van der Waals surface area contributed by atoms with Crippen LogP contribution in [0, 0.1) is 5.95 Å². The molecule has 1 unspecified atom stereocenters. The zero-order valence-corrected chi connectivity index (χ0v) is 8.75. The zero-order chi connectivity index (χ0) is 9.84. The van der Waals surface area contributed by atoms with Gasteiger partial charge in [-0.3, -0.25) is 0 Å². The van der Waals surface area contributed by atoms with Crippen molar-refractivity contribution in [2.75, 3.05) is 0 Å². The number of hydrogen-bond donors (Lipinski definition) is 1. The predicted molar refractivity (Wildman–Crippen MR) is 54.6 cm³/mol. The lowest BCUT2D eigenvalue weighted by atomic mass is 10.2. The first-order valence-corrected chi connectivity index (χ1v) is 4.63. The van der Waals surface area contributed by atoms with Gasteiger partial charge in [0.2, 0.25) is 5.95 Å². The minimum atomic E-state index is -0.486. The fourth-order valence-electron chi connectivity index (χ4n) is 0.811. The van der Waals surface area contributed by atoms with E-state index in [1.165, 1.54) is 6.20 Å². The second-order valence-corrected chi connectivity index (χ2v) is 3.67. The average Bonchev–Trinajstić information content (AvgIpc) is 2.06. The molecule has 2 N–H and O–H groups in total. The first-order chi connectivity index (χ1) is 6.09. The van der Waals surface area contributed by atoms with Gasteiger partial charge >= 0.3 is 0 Å². The van der Waals surface area contributed by atoms with Gasteiger partial charge in [0.25, 0.3) is 0 Å². The van der Waals surface area contributed by atoms with E-state index in [1.807, 2.05) is 6.92 Å². The van der Waals surface area contributed by atoms with E-state index in [0.29, 0.717) is 5.56 Å². The second kappa shape index (κ2) is 4.48. The van der Waals surface area contributed by atoms with E-state index in [2.05, 4.69) is 20.9 Å². The van der Waals surface area contributed by atoms with Crippen molar-refractivity contribution in [2.45, 2.75) is 13.0 Å². The highest BCUT2D eigenvalue weighted by Crippen LogP contribution is 2.14. The summed E-state index contributed by atoms with van der Waals surface area (Å²) in [6.07, 6.45) is 4.75. The number of nitrogens with two attached hydrogens (primary N) is 1. The molecule has 0 spiro atoms. The number of hydrogen-bond acceptors (Lipinski definition) is 2. The number of halogens is 2. The number of aromatic nitrogens is 1. The summed E-state index contributed by atoms with van der Waals surface area (Å²) < 4.78 is 13.7. The molecule has 0 aliphatic rings. The molecule has 1 atom stereocenters. The predicted octanol–water partition coefficient (Wildman–Crippen LogP) is 2.34. The van der Waals surface area contributed by atoms with E-state index < -0.39 is 5.95 Å². The summed E-state index contributed by atoms with van der Waals surface area (Å²) in [5.74, 6) is -0.486. The molecule has 13 heavy (non-hydrogen) atoms. The Hall–Kier alpha value is -0.740. The van der Waals surface area contributed by atoms with Crippen LogP contribution in [-0.2, 0) is 0 Å². The minimum absolute atomic E-state index is 0.0848. The summed E-state index contributed by atoms with van der Waals surface area (Å²) in [7, 11) is 0. The van der Waals surface area contributed by atoms with Crippen LogP contribution in [0.3, 0.4) is 0 Å². The third-order valence-electron chi connectivity index (χ3n) is 1.41. The summed E-state index contributed by atoms with van der Waals surface area (Å²) in [6.45, 7) is 1.82. The van der Waals surface area contributed by atoms with Gasteiger partial charge in [0.1, 0.15) is 0 Å². The van der Waals surface area contributed by atoms with Gasteiger partial charge in [-0.1, -0.05) is 12.2 Å². The highest BCUT2D eigenvalue weighted by Gasteiger charge is 2.00. The van der Waals surface area contributed by atoms with Crippen LogP contribution in [0.2, 0.25) is 0 Å². The van der Waals surface area contributed by atoms with E-state index in [0.717, 1.165) is 4.47 Å². The second-order valence-electron chi connectivity index (χ2n) is 2.75. The molecule has 1 aromatic rings. The van der Waals surface area contributed by atoms with Gasteiger partial charge in [-0.2, -0.15) is 4.39 Å². The van der Waals surface area contributed by atoms with Gasteiger partial charge in [0.15, 0.2) is 0 Å². The fourth-order valence-corrected chi connectivity index (χ4v) is 1.16. The van der Waals surface area contributed by atoms with Crippen LogP contribution in [0.25, 0.3) is 6.08 Å². The quantitative estimate of drug-likeness (QED) is 0.812. The molecular formula is C9H10BrFN2. The van der Waals surface area contributed by atoms with Gasteiger partial charge in [0, 0.05) is 22.3 Å². The Bertz CT molecular complexity index is 323. The molecule has 1 rings (SSSR count). The lowest BCUT2D eigenvalue weighted by Gasteiger charge is -1.98. The van der Waals surface area contributed by atoms with E-state index in [9.17, 15) is 4.39 Å². The largest absolute Gasteiger partial charge is 0.325 e. The first kappa shape index (κ1) is 10.3. The Morgan fingerprint density at radius 1 is 1.69 bits per heavy atom. The zero-order valence-electron chi connectivity index (χ0n) is 7.17. The Morgan fingerprint density at radius 3 is 3.00 bits per heavy atom. The van der Waals surface area contributed by atoms with Gasteiger partial charge in [-0.15, -0.1) is 0 Å². The normalized spacial score (nSPS) is 13.5. The van der Waals surface area contributed by atoms with Crippen molar-refractivity contribution in [2.24, 2.45) is 5.73 Å². The van der Waals surface area contributed by atoms with Crippen molar-refractivity contribution >= 4 is 22.0 Å². The summed E-state index contributed by atoms with van der Waals surface area (Å²) in [5.41, 5.74) is 5.92. The molecule has 0 bridgehead atoms. The molecule has 1 aromatic heterocycles. The summed E-state index contributed by atoms with van der Waals surface area (Å²) >= 11 is 3.21. The topological polar surface area (TPSA) is 38.9 Å². The Kier molecular flexibility index (Phi) is 3.57. The number of pyridine rings is 1. The molecule has 0 aromatic carbocycles. The summed E-state index contributed by atoms with van der Waals surface area (Å²) in [6, 6.07) is 1.57. The minimum Gasteiger partial charge on any atom is -0.325 e. The van der Waals surface area contributed by atoms with E-state index in [4.69, 9.17) is 5.73 Å². The van der Waals surface area contributed by atoms with E-state index >= 15 is 0 Å². The van der Waals surface area contributed by atoms with Crippen LogP contribution < -0.4 is 5.73 Å². The Balaban J connectivity index is 2.93. The lowest BCUT2D eigenvalue weighted by molar-refractivity contribution is 0.580. The van der Waals surface area contributed by atoms with Crippen LogP contribution in [0.1, 0.15) is 12.5 Å². The van der Waals surface area contributed by atoms with Crippen molar-refractivity contribution in [3.8, 4) is 0 Å². The molecule has 0 saturated carbocycles. The SMILES string of the molecule is CC(N)/C=C/c1cc(Br)cnc1F. The van der Waals surface area contributed by atoms with Crippen molar-refractivity contribution in [3.05, 3.63) is 34.3 Å². The monoisotopic (exact) mass is 244 g/mol. The molecular weight excluding hydrogens is 235 g/mol. The van der Waals surface area contributed by atoms with Crippen LogP contribution in [0.4, 0.5) is 4.39 Å². The molecule has 0 fully saturated rings. The molecule has 4 heteroatoms. The van der Waals surface area contributed by atoms with Crippen molar-refractivity contribution < 1.29 is 4.39 Å². The summed E-state index contributed by atoms with van der Waals surface area (Å²) in [5, 5.41) is 0. The smallest absolute Gasteiger partial charge is 0.220 e. The van der Waals surface area contributed by atoms with Gasteiger partial charge in [0.05, 0.1) is 0 Å². The van der Waals surface area contributed by atoms with Crippen molar-refractivity contribution in [3.63, 3.8) is 0 Å². The fraction of sp³-hybridized carbons (Fsp3) is 0.222. The Morgan fingerprint density at radius 2 is 2.38 bits per heavy atom. The average molecular weight is 245 g/mol. The Labute approximate surface area is 84.8 Å². The number of nitrogens with zero attached hydrogens (tertiary/aromatic N) is 1. The molecule has 1 heterocycles. The maximum absolute atomic E-state index is 13.0. The van der Waals surface area contributed by atoms with Crippen molar-refractivity contribution in [1.29, 1.82) is 0 Å². The van der Waals surface area contributed by atoms with Crippen LogP contribution in [-0.4, -0.2) is 11.0 Å². The van der Waals surface area contributed by atoms with Gasteiger partial charge < -0.3 is 5.73 Å².